The van der Waals surface area contributed by atoms with Gasteiger partial charge in [-0.3, -0.25) is 9.78 Å². The lowest BCUT2D eigenvalue weighted by atomic mass is 10.0. The average molecular weight is 264 g/mol. The second-order valence-corrected chi connectivity index (χ2v) is 4.38. The summed E-state index contributed by atoms with van der Waals surface area (Å²) in [6.07, 6.45) is 3.27. The molecular formula is C14H11ClFNO. The summed E-state index contributed by atoms with van der Waals surface area (Å²) in [6, 6.07) is 6.13. The monoisotopic (exact) mass is 263 g/mol. The zero-order chi connectivity index (χ0) is 13.1. The van der Waals surface area contributed by atoms with Gasteiger partial charge in [0.1, 0.15) is 5.82 Å². The predicted octanol–water partition coefficient (Wildman–Crippen LogP) is 3.61. The number of aromatic nitrogens is 1. The molecule has 0 aliphatic carbocycles. The van der Waals surface area contributed by atoms with Crippen LogP contribution in [0.15, 0.2) is 36.7 Å². The Bertz CT molecular complexity index is 598. The van der Waals surface area contributed by atoms with Crippen molar-refractivity contribution in [2.24, 2.45) is 0 Å². The molecule has 2 rings (SSSR count). The van der Waals surface area contributed by atoms with Crippen LogP contribution >= 0.6 is 11.6 Å². The Balaban J connectivity index is 2.27. The van der Waals surface area contributed by atoms with Crippen LogP contribution in [-0.4, -0.2) is 10.8 Å². The minimum Gasteiger partial charge on any atom is -0.294 e. The third kappa shape index (κ3) is 2.57. The van der Waals surface area contributed by atoms with Crippen molar-refractivity contribution in [1.29, 1.82) is 0 Å². The molecule has 4 heteroatoms. The van der Waals surface area contributed by atoms with Crippen LogP contribution in [0, 0.1) is 12.7 Å². The molecule has 0 saturated heterocycles. The lowest BCUT2D eigenvalue weighted by Crippen LogP contribution is -2.06. The van der Waals surface area contributed by atoms with E-state index in [0.717, 1.165) is 5.56 Å². The minimum atomic E-state index is -0.506. The summed E-state index contributed by atoms with van der Waals surface area (Å²) in [5.41, 5.74) is 1.89. The highest BCUT2D eigenvalue weighted by atomic mass is 35.5. The third-order valence-electron chi connectivity index (χ3n) is 2.70. The molecule has 0 bridgehead atoms. The van der Waals surface area contributed by atoms with Crippen LogP contribution in [0.1, 0.15) is 21.5 Å². The van der Waals surface area contributed by atoms with Gasteiger partial charge >= 0.3 is 0 Å². The Hall–Kier alpha value is -1.74. The Morgan fingerprint density at radius 3 is 2.89 bits per heavy atom. The van der Waals surface area contributed by atoms with Gasteiger partial charge in [0.15, 0.2) is 5.78 Å². The van der Waals surface area contributed by atoms with Crippen LogP contribution < -0.4 is 0 Å². The summed E-state index contributed by atoms with van der Waals surface area (Å²) < 4.78 is 13.3. The maximum Gasteiger partial charge on any atom is 0.167 e. The van der Waals surface area contributed by atoms with Crippen molar-refractivity contribution >= 4 is 17.4 Å². The van der Waals surface area contributed by atoms with E-state index in [1.807, 2.05) is 6.92 Å². The molecule has 0 radical (unpaired) electrons. The first-order valence-corrected chi connectivity index (χ1v) is 5.84. The van der Waals surface area contributed by atoms with Crippen LogP contribution in [0.25, 0.3) is 0 Å². The number of halogens is 2. The van der Waals surface area contributed by atoms with Crippen molar-refractivity contribution in [2.75, 3.05) is 0 Å². The second kappa shape index (κ2) is 5.27. The molecule has 92 valence electrons. The first kappa shape index (κ1) is 12.7. The fourth-order valence-corrected chi connectivity index (χ4v) is 1.93. The minimum absolute atomic E-state index is 0.0116. The van der Waals surface area contributed by atoms with Crippen LogP contribution in [0.3, 0.4) is 0 Å². The van der Waals surface area contributed by atoms with E-state index >= 15 is 0 Å². The van der Waals surface area contributed by atoms with Crippen molar-refractivity contribution in [3.05, 3.63) is 64.2 Å². The molecule has 1 aromatic heterocycles. The molecule has 1 heterocycles. The van der Waals surface area contributed by atoms with Gasteiger partial charge in [0.05, 0.1) is 5.02 Å². The zero-order valence-corrected chi connectivity index (χ0v) is 10.5. The molecule has 0 spiro atoms. The topological polar surface area (TPSA) is 30.0 Å². The average Bonchev–Trinajstić information content (AvgIpc) is 2.35. The highest BCUT2D eigenvalue weighted by Crippen LogP contribution is 2.21. The van der Waals surface area contributed by atoms with Crippen LogP contribution in [0.5, 0.6) is 0 Å². The van der Waals surface area contributed by atoms with Crippen molar-refractivity contribution in [3.63, 3.8) is 0 Å². The van der Waals surface area contributed by atoms with Gasteiger partial charge in [0.25, 0.3) is 0 Å². The van der Waals surface area contributed by atoms with E-state index in [9.17, 15) is 9.18 Å². The fraction of sp³-hybridized carbons (Fsp3) is 0.143. The van der Waals surface area contributed by atoms with Crippen LogP contribution in [0.2, 0.25) is 5.02 Å². The Kier molecular flexibility index (Phi) is 3.72. The van der Waals surface area contributed by atoms with Gasteiger partial charge in [-0.15, -0.1) is 0 Å². The van der Waals surface area contributed by atoms with Gasteiger partial charge in [0.2, 0.25) is 0 Å². The molecule has 0 N–H and O–H groups in total. The molecule has 0 unspecified atom stereocenters. The molecule has 0 aliphatic heterocycles. The van der Waals surface area contributed by atoms with E-state index in [-0.39, 0.29) is 17.2 Å². The molecular weight excluding hydrogens is 253 g/mol. The number of hydrogen-bond donors (Lipinski definition) is 0. The lowest BCUT2D eigenvalue weighted by molar-refractivity contribution is 0.0992. The standard InChI is InChI=1S/C14H11ClFNO/c1-9-8-17-6-5-11(9)13(18)7-10-3-2-4-12(16)14(10)15/h2-6,8H,7H2,1H3. The zero-order valence-electron chi connectivity index (χ0n) is 9.78. The molecule has 2 aromatic rings. The van der Waals surface area contributed by atoms with E-state index in [1.54, 1.807) is 30.6 Å². The molecule has 0 atom stereocenters. The molecule has 0 aliphatic rings. The Morgan fingerprint density at radius 1 is 1.39 bits per heavy atom. The van der Waals surface area contributed by atoms with Crippen molar-refractivity contribution in [2.45, 2.75) is 13.3 Å². The van der Waals surface area contributed by atoms with E-state index < -0.39 is 5.82 Å². The number of aryl methyl sites for hydroxylation is 1. The quantitative estimate of drug-likeness (QED) is 0.792. The van der Waals surface area contributed by atoms with Gasteiger partial charge in [-0.25, -0.2) is 4.39 Å². The molecule has 0 saturated carbocycles. The van der Waals surface area contributed by atoms with Crippen molar-refractivity contribution < 1.29 is 9.18 Å². The molecule has 0 amide bonds. The first-order valence-electron chi connectivity index (χ1n) is 5.46. The Labute approximate surface area is 109 Å². The SMILES string of the molecule is Cc1cnccc1C(=O)Cc1cccc(F)c1Cl. The van der Waals surface area contributed by atoms with Gasteiger partial charge < -0.3 is 0 Å². The number of hydrogen-bond acceptors (Lipinski definition) is 2. The summed E-state index contributed by atoms with van der Waals surface area (Å²) in [5, 5.41) is 0.0116. The Morgan fingerprint density at radius 2 is 2.17 bits per heavy atom. The molecule has 0 fully saturated rings. The number of Topliss-reactive ketones (excluding diaryl/α,β-unsaturated/α-hetero) is 1. The normalized spacial score (nSPS) is 10.4. The smallest absolute Gasteiger partial charge is 0.167 e. The molecule has 2 nitrogen and oxygen atoms in total. The number of carbonyl (C=O) groups excluding carboxylic acids is 1. The molecule has 1 aromatic carbocycles. The third-order valence-corrected chi connectivity index (χ3v) is 3.13. The van der Waals surface area contributed by atoms with E-state index in [4.69, 9.17) is 11.6 Å². The van der Waals surface area contributed by atoms with Gasteiger partial charge in [0, 0.05) is 24.4 Å². The van der Waals surface area contributed by atoms with Gasteiger partial charge in [-0.05, 0) is 30.2 Å². The van der Waals surface area contributed by atoms with Crippen molar-refractivity contribution in [3.8, 4) is 0 Å². The largest absolute Gasteiger partial charge is 0.294 e. The lowest BCUT2D eigenvalue weighted by Gasteiger charge is -2.06. The highest BCUT2D eigenvalue weighted by Gasteiger charge is 2.13. The van der Waals surface area contributed by atoms with Crippen molar-refractivity contribution in [1.82, 2.24) is 4.98 Å². The molecule has 18 heavy (non-hydrogen) atoms. The predicted molar refractivity (Wildman–Crippen MR) is 68.4 cm³/mol. The number of ketones is 1. The number of pyridine rings is 1. The van der Waals surface area contributed by atoms with Crippen LogP contribution in [-0.2, 0) is 6.42 Å². The second-order valence-electron chi connectivity index (χ2n) is 4.00. The fourth-order valence-electron chi connectivity index (χ4n) is 1.74. The number of nitrogens with zero attached hydrogens (tertiary/aromatic N) is 1. The first-order chi connectivity index (χ1) is 8.59. The summed E-state index contributed by atoms with van der Waals surface area (Å²) in [7, 11) is 0. The van der Waals surface area contributed by atoms with Gasteiger partial charge in [-0.2, -0.15) is 0 Å². The summed E-state index contributed by atoms with van der Waals surface area (Å²) in [5.74, 6) is -0.601. The maximum absolute atomic E-state index is 13.3. The highest BCUT2D eigenvalue weighted by molar-refractivity contribution is 6.31. The number of rotatable bonds is 3. The van der Waals surface area contributed by atoms with E-state index in [2.05, 4.69) is 4.98 Å². The summed E-state index contributed by atoms with van der Waals surface area (Å²) in [6.45, 7) is 1.81. The summed E-state index contributed by atoms with van der Waals surface area (Å²) >= 11 is 5.82. The summed E-state index contributed by atoms with van der Waals surface area (Å²) in [4.78, 5) is 16.0. The number of benzene rings is 1. The van der Waals surface area contributed by atoms with E-state index in [0.29, 0.717) is 11.1 Å². The van der Waals surface area contributed by atoms with Crippen LogP contribution in [0.4, 0.5) is 4.39 Å². The maximum atomic E-state index is 13.3. The number of carbonyl (C=O) groups is 1. The van der Waals surface area contributed by atoms with Gasteiger partial charge in [-0.1, -0.05) is 23.7 Å². The van der Waals surface area contributed by atoms with E-state index in [1.165, 1.54) is 6.07 Å².